The van der Waals surface area contributed by atoms with Crippen molar-refractivity contribution in [3.8, 4) is 0 Å². The number of carbonyl (C=O) groups excluding carboxylic acids is 1. The van der Waals surface area contributed by atoms with Gasteiger partial charge in [0.05, 0.1) is 17.9 Å². The van der Waals surface area contributed by atoms with Crippen molar-refractivity contribution in [2.45, 2.75) is 6.92 Å². The first-order chi connectivity index (χ1) is 8.61. The first kappa shape index (κ1) is 12.5. The van der Waals surface area contributed by atoms with Gasteiger partial charge in [0.1, 0.15) is 0 Å². The lowest BCUT2D eigenvalue weighted by atomic mass is 10.1. The molecule has 0 radical (unpaired) electrons. The van der Waals surface area contributed by atoms with Crippen molar-refractivity contribution < 1.29 is 13.9 Å². The van der Waals surface area contributed by atoms with Gasteiger partial charge in [-0.2, -0.15) is 0 Å². The largest absolute Gasteiger partial charge is 0.463 e. The van der Waals surface area contributed by atoms with Crippen LogP contribution in [0.5, 0.6) is 0 Å². The molecular formula is C13H12ClNO3. The van der Waals surface area contributed by atoms with Crippen LogP contribution in [0.3, 0.4) is 0 Å². The van der Waals surface area contributed by atoms with Crippen LogP contribution in [0.25, 0.3) is 16.7 Å². The molecule has 0 spiro atoms. The molecule has 0 unspecified atom stereocenters. The highest BCUT2D eigenvalue weighted by atomic mass is 35.5. The van der Waals surface area contributed by atoms with Crippen molar-refractivity contribution in [3.63, 3.8) is 0 Å². The van der Waals surface area contributed by atoms with Gasteiger partial charge >= 0.3 is 5.97 Å². The van der Waals surface area contributed by atoms with Crippen LogP contribution in [-0.4, -0.2) is 12.6 Å². The van der Waals surface area contributed by atoms with Crippen LogP contribution in [0.1, 0.15) is 12.5 Å². The quantitative estimate of drug-likeness (QED) is 0.684. The molecule has 0 saturated carbocycles. The van der Waals surface area contributed by atoms with E-state index in [1.165, 1.54) is 6.08 Å². The summed E-state index contributed by atoms with van der Waals surface area (Å²) in [6, 6.07) is 5.23. The third-order valence-corrected chi connectivity index (χ3v) is 2.68. The smallest absolute Gasteiger partial charge is 0.332 e. The molecule has 0 aliphatic carbocycles. The Labute approximate surface area is 109 Å². The average Bonchev–Trinajstić information content (AvgIpc) is 2.77. The Morgan fingerprint density at radius 2 is 2.33 bits per heavy atom. The van der Waals surface area contributed by atoms with Crippen molar-refractivity contribution in [1.29, 1.82) is 0 Å². The zero-order valence-corrected chi connectivity index (χ0v) is 10.5. The summed E-state index contributed by atoms with van der Waals surface area (Å²) in [4.78, 5) is 11.3. The van der Waals surface area contributed by atoms with Crippen LogP contribution < -0.4 is 5.73 Å². The minimum absolute atomic E-state index is 0.304. The first-order valence-corrected chi connectivity index (χ1v) is 5.80. The normalized spacial score (nSPS) is 11.8. The van der Waals surface area contributed by atoms with Gasteiger partial charge < -0.3 is 14.9 Å². The monoisotopic (exact) mass is 265 g/mol. The van der Waals surface area contributed by atoms with Crippen molar-refractivity contribution in [2.24, 2.45) is 5.73 Å². The number of hydrogen-bond donors (Lipinski definition) is 1. The van der Waals surface area contributed by atoms with Gasteiger partial charge in [0.2, 0.25) is 0 Å². The van der Waals surface area contributed by atoms with Gasteiger partial charge in [0, 0.05) is 17.2 Å². The summed E-state index contributed by atoms with van der Waals surface area (Å²) in [5.41, 5.74) is 7.39. The van der Waals surface area contributed by atoms with Crippen LogP contribution in [-0.2, 0) is 9.53 Å². The Morgan fingerprint density at radius 1 is 1.56 bits per heavy atom. The third-order valence-electron chi connectivity index (χ3n) is 2.40. The summed E-state index contributed by atoms with van der Waals surface area (Å²) in [6.45, 7) is 2.04. The fourth-order valence-electron chi connectivity index (χ4n) is 1.60. The number of rotatable bonds is 3. The number of benzene rings is 1. The van der Waals surface area contributed by atoms with E-state index in [1.54, 1.807) is 31.4 Å². The van der Waals surface area contributed by atoms with E-state index < -0.39 is 5.97 Å². The van der Waals surface area contributed by atoms with Crippen molar-refractivity contribution >= 4 is 34.2 Å². The molecule has 94 valence electrons. The lowest BCUT2D eigenvalue weighted by molar-refractivity contribution is -0.137. The summed E-state index contributed by atoms with van der Waals surface area (Å²) < 4.78 is 10.0. The van der Waals surface area contributed by atoms with E-state index in [0.717, 1.165) is 5.39 Å². The van der Waals surface area contributed by atoms with Crippen LogP contribution >= 0.6 is 11.6 Å². The maximum atomic E-state index is 11.3. The van der Waals surface area contributed by atoms with E-state index in [0.29, 0.717) is 28.5 Å². The molecule has 0 fully saturated rings. The van der Waals surface area contributed by atoms with E-state index in [-0.39, 0.29) is 0 Å². The average molecular weight is 266 g/mol. The molecule has 1 heterocycles. The zero-order valence-electron chi connectivity index (χ0n) is 9.77. The van der Waals surface area contributed by atoms with Crippen molar-refractivity contribution in [1.82, 2.24) is 0 Å². The fourth-order valence-corrected chi connectivity index (χ4v) is 1.87. The van der Waals surface area contributed by atoms with E-state index >= 15 is 0 Å². The summed E-state index contributed by atoms with van der Waals surface area (Å²) in [5, 5.41) is 1.28. The predicted octanol–water partition coefficient (Wildman–Crippen LogP) is 2.95. The SMILES string of the molecule is CCOC(=O)/C=C(\N)c1cc(Cl)c2occc2c1. The number of esters is 1. The maximum Gasteiger partial charge on any atom is 0.332 e. The Bertz CT molecular complexity index is 616. The van der Waals surface area contributed by atoms with Crippen LogP contribution in [0.15, 0.2) is 35.0 Å². The number of furan rings is 1. The fraction of sp³-hybridized carbons (Fsp3) is 0.154. The molecule has 1 aromatic carbocycles. The van der Waals surface area contributed by atoms with Crippen LogP contribution in [0.2, 0.25) is 5.02 Å². The van der Waals surface area contributed by atoms with Crippen molar-refractivity contribution in [3.05, 3.63) is 41.1 Å². The number of nitrogens with two attached hydrogens (primary N) is 1. The highest BCUT2D eigenvalue weighted by molar-refractivity contribution is 6.35. The van der Waals surface area contributed by atoms with Gasteiger partial charge in [-0.25, -0.2) is 4.79 Å². The molecule has 0 saturated heterocycles. The number of halogens is 1. The van der Waals surface area contributed by atoms with Gasteiger partial charge in [-0.1, -0.05) is 11.6 Å². The molecule has 0 amide bonds. The molecule has 4 nitrogen and oxygen atoms in total. The first-order valence-electron chi connectivity index (χ1n) is 5.43. The van der Waals surface area contributed by atoms with Crippen LogP contribution in [0.4, 0.5) is 0 Å². The van der Waals surface area contributed by atoms with E-state index in [4.69, 9.17) is 26.5 Å². The molecule has 2 rings (SSSR count). The third kappa shape index (κ3) is 2.49. The molecule has 0 aliphatic heterocycles. The molecule has 0 atom stereocenters. The molecule has 2 aromatic rings. The standard InChI is InChI=1S/C13H12ClNO3/c1-2-17-12(16)7-11(15)9-5-8-3-4-18-13(8)10(14)6-9/h3-7H,2,15H2,1H3/b11-7-. The van der Waals surface area contributed by atoms with Gasteiger partial charge in [0.25, 0.3) is 0 Å². The number of carbonyl (C=O) groups is 1. The minimum atomic E-state index is -0.474. The molecule has 18 heavy (non-hydrogen) atoms. The molecule has 0 aliphatic rings. The Balaban J connectivity index is 2.38. The van der Waals surface area contributed by atoms with E-state index in [9.17, 15) is 4.79 Å². The summed E-state index contributed by atoms with van der Waals surface area (Å²) in [6.07, 6.45) is 2.78. The second kappa shape index (κ2) is 5.14. The lowest BCUT2D eigenvalue weighted by Crippen LogP contribution is -2.05. The van der Waals surface area contributed by atoms with Crippen molar-refractivity contribution in [2.75, 3.05) is 6.61 Å². The van der Waals surface area contributed by atoms with Gasteiger partial charge in [-0.3, -0.25) is 0 Å². The predicted molar refractivity (Wildman–Crippen MR) is 70.0 cm³/mol. The van der Waals surface area contributed by atoms with Crippen LogP contribution in [0, 0.1) is 0 Å². The number of hydrogen-bond acceptors (Lipinski definition) is 4. The molecule has 1 aromatic heterocycles. The summed E-state index contributed by atoms with van der Waals surface area (Å²) in [7, 11) is 0. The summed E-state index contributed by atoms with van der Waals surface area (Å²) >= 11 is 6.05. The Hall–Kier alpha value is -1.94. The molecule has 0 bridgehead atoms. The lowest BCUT2D eigenvalue weighted by Gasteiger charge is -2.03. The second-order valence-electron chi connectivity index (χ2n) is 3.65. The number of fused-ring (bicyclic) bond motifs is 1. The topological polar surface area (TPSA) is 65.5 Å². The van der Waals surface area contributed by atoms with E-state index in [1.807, 2.05) is 0 Å². The number of ether oxygens (including phenoxy) is 1. The molecule has 2 N–H and O–H groups in total. The van der Waals surface area contributed by atoms with Gasteiger partial charge in [0.15, 0.2) is 5.58 Å². The van der Waals surface area contributed by atoms with Gasteiger partial charge in [-0.15, -0.1) is 0 Å². The second-order valence-corrected chi connectivity index (χ2v) is 4.06. The van der Waals surface area contributed by atoms with E-state index in [2.05, 4.69) is 0 Å². The molecule has 5 heteroatoms. The zero-order chi connectivity index (χ0) is 13.1. The Morgan fingerprint density at radius 3 is 3.06 bits per heavy atom. The Kier molecular flexibility index (Phi) is 3.58. The van der Waals surface area contributed by atoms with Gasteiger partial charge in [-0.05, 0) is 30.7 Å². The highest BCUT2D eigenvalue weighted by Crippen LogP contribution is 2.28. The highest BCUT2D eigenvalue weighted by Gasteiger charge is 2.08. The maximum absolute atomic E-state index is 11.3. The minimum Gasteiger partial charge on any atom is -0.463 e. The summed E-state index contributed by atoms with van der Waals surface area (Å²) in [5.74, 6) is -0.474. The molecular weight excluding hydrogens is 254 g/mol.